The molecule has 0 radical (unpaired) electrons. The summed E-state index contributed by atoms with van der Waals surface area (Å²) in [5.41, 5.74) is 1.37. The average molecular weight is 287 g/mol. The van der Waals surface area contributed by atoms with E-state index in [1.165, 1.54) is 7.11 Å². The van der Waals surface area contributed by atoms with Gasteiger partial charge in [0.05, 0.1) is 11.6 Å². The Kier molecular flexibility index (Phi) is 3.70. The number of carboxylic acid groups (broad SMARTS) is 1. The fourth-order valence-corrected chi connectivity index (χ4v) is 2.00. The van der Waals surface area contributed by atoms with Crippen molar-refractivity contribution in [3.63, 3.8) is 0 Å². The van der Waals surface area contributed by atoms with Gasteiger partial charge in [-0.15, -0.1) is 0 Å². The molecular formula is C11H11BrO4. The van der Waals surface area contributed by atoms with Crippen LogP contribution in [0, 0.1) is 13.8 Å². The van der Waals surface area contributed by atoms with Gasteiger partial charge in [-0.2, -0.15) is 0 Å². The summed E-state index contributed by atoms with van der Waals surface area (Å²) in [6.45, 7) is 3.36. The maximum absolute atomic E-state index is 11.5. The van der Waals surface area contributed by atoms with Gasteiger partial charge in [0.25, 0.3) is 5.78 Å². The van der Waals surface area contributed by atoms with Gasteiger partial charge in [0, 0.05) is 5.56 Å². The fourth-order valence-electron chi connectivity index (χ4n) is 1.53. The Morgan fingerprint density at radius 2 is 1.94 bits per heavy atom. The maximum atomic E-state index is 11.5. The van der Waals surface area contributed by atoms with E-state index in [2.05, 4.69) is 15.9 Å². The zero-order chi connectivity index (χ0) is 12.5. The highest BCUT2D eigenvalue weighted by atomic mass is 79.9. The molecule has 86 valence electrons. The molecule has 1 aromatic rings. The predicted molar refractivity (Wildman–Crippen MR) is 62.1 cm³/mol. The van der Waals surface area contributed by atoms with Crippen molar-refractivity contribution in [2.45, 2.75) is 13.8 Å². The zero-order valence-electron chi connectivity index (χ0n) is 9.13. The number of benzene rings is 1. The van der Waals surface area contributed by atoms with Gasteiger partial charge in [-0.1, -0.05) is 0 Å². The highest BCUT2D eigenvalue weighted by Gasteiger charge is 2.22. The van der Waals surface area contributed by atoms with Gasteiger partial charge in [-0.25, -0.2) is 4.79 Å². The first-order valence-electron chi connectivity index (χ1n) is 4.51. The molecule has 0 heterocycles. The highest BCUT2D eigenvalue weighted by molar-refractivity contribution is 9.10. The van der Waals surface area contributed by atoms with Gasteiger partial charge < -0.3 is 9.84 Å². The van der Waals surface area contributed by atoms with Gasteiger partial charge in [-0.05, 0) is 47.0 Å². The summed E-state index contributed by atoms with van der Waals surface area (Å²) in [6.07, 6.45) is 0. The molecule has 0 aliphatic carbocycles. The lowest BCUT2D eigenvalue weighted by Crippen LogP contribution is -2.16. The summed E-state index contributed by atoms with van der Waals surface area (Å²) in [4.78, 5) is 22.2. The van der Waals surface area contributed by atoms with Crippen LogP contribution in [0.3, 0.4) is 0 Å². The number of hydrogen-bond donors (Lipinski definition) is 1. The van der Waals surface area contributed by atoms with Gasteiger partial charge in [0.15, 0.2) is 0 Å². The van der Waals surface area contributed by atoms with Crippen molar-refractivity contribution in [1.29, 1.82) is 0 Å². The molecule has 4 nitrogen and oxygen atoms in total. The Hall–Kier alpha value is -1.36. The van der Waals surface area contributed by atoms with Gasteiger partial charge >= 0.3 is 5.97 Å². The number of ketones is 1. The van der Waals surface area contributed by atoms with Crippen molar-refractivity contribution in [1.82, 2.24) is 0 Å². The molecule has 0 fully saturated rings. The molecule has 0 bridgehead atoms. The Balaban J connectivity index is 3.48. The van der Waals surface area contributed by atoms with Crippen LogP contribution in [0.4, 0.5) is 0 Å². The number of carbonyl (C=O) groups excluding carboxylic acids is 1. The van der Waals surface area contributed by atoms with Gasteiger partial charge in [-0.3, -0.25) is 4.79 Å². The molecule has 0 atom stereocenters. The van der Waals surface area contributed by atoms with Crippen molar-refractivity contribution in [2.24, 2.45) is 0 Å². The van der Waals surface area contributed by atoms with Gasteiger partial charge in [0.2, 0.25) is 0 Å². The number of aliphatic carboxylic acids is 1. The molecule has 1 N–H and O–H groups in total. The molecular weight excluding hydrogens is 276 g/mol. The third-order valence-electron chi connectivity index (χ3n) is 2.30. The Labute approximate surface area is 101 Å². The molecule has 1 rings (SSSR count). The minimum Gasteiger partial charge on any atom is -0.496 e. The highest BCUT2D eigenvalue weighted by Crippen LogP contribution is 2.33. The molecule has 0 saturated heterocycles. The van der Waals surface area contributed by atoms with Crippen LogP contribution in [0.15, 0.2) is 10.5 Å². The van der Waals surface area contributed by atoms with E-state index in [1.807, 2.05) is 0 Å². The molecule has 0 unspecified atom stereocenters. The summed E-state index contributed by atoms with van der Waals surface area (Å²) in [5.74, 6) is -1.78. The van der Waals surface area contributed by atoms with Crippen LogP contribution in [0.1, 0.15) is 21.5 Å². The van der Waals surface area contributed by atoms with Crippen LogP contribution >= 0.6 is 15.9 Å². The van der Waals surface area contributed by atoms with E-state index in [4.69, 9.17) is 9.84 Å². The van der Waals surface area contributed by atoms with E-state index in [-0.39, 0.29) is 5.56 Å². The minimum absolute atomic E-state index is 0.208. The Morgan fingerprint density at radius 3 is 2.38 bits per heavy atom. The third-order valence-corrected chi connectivity index (χ3v) is 3.29. The summed E-state index contributed by atoms with van der Waals surface area (Å²) >= 11 is 3.27. The average Bonchev–Trinajstić information content (AvgIpc) is 2.23. The monoisotopic (exact) mass is 286 g/mol. The number of hydrogen-bond acceptors (Lipinski definition) is 3. The molecule has 0 aromatic heterocycles. The molecule has 0 amide bonds. The molecule has 0 aliphatic heterocycles. The topological polar surface area (TPSA) is 63.6 Å². The fraction of sp³-hybridized carbons (Fsp3) is 0.273. The van der Waals surface area contributed by atoms with E-state index in [0.29, 0.717) is 21.3 Å². The summed E-state index contributed by atoms with van der Waals surface area (Å²) in [7, 11) is 1.51. The summed E-state index contributed by atoms with van der Waals surface area (Å²) < 4.78 is 5.70. The van der Waals surface area contributed by atoms with Crippen molar-refractivity contribution in [3.05, 3.63) is 27.2 Å². The number of Topliss-reactive ketones (excluding diaryl/α,β-unsaturated/α-hetero) is 1. The van der Waals surface area contributed by atoms with Crippen LogP contribution in [0.25, 0.3) is 0 Å². The summed E-state index contributed by atoms with van der Waals surface area (Å²) in [6, 6.07) is 1.63. The first-order valence-corrected chi connectivity index (χ1v) is 5.30. The maximum Gasteiger partial charge on any atom is 0.377 e. The standard InChI is InChI=1S/C11H11BrO4/c1-5-4-7(16-3)9(12)6(2)8(5)10(13)11(14)15/h4H,1-3H3,(H,14,15). The zero-order valence-corrected chi connectivity index (χ0v) is 10.7. The second-order valence-corrected chi connectivity index (χ2v) is 4.14. The summed E-state index contributed by atoms with van der Waals surface area (Å²) in [5, 5.41) is 8.71. The SMILES string of the molecule is COc1cc(C)c(C(=O)C(=O)O)c(C)c1Br. The number of rotatable bonds is 3. The van der Waals surface area contributed by atoms with Crippen LogP contribution in [0.2, 0.25) is 0 Å². The third kappa shape index (κ3) is 2.09. The molecule has 5 heteroatoms. The Morgan fingerprint density at radius 1 is 1.38 bits per heavy atom. The minimum atomic E-state index is -1.46. The van der Waals surface area contributed by atoms with E-state index in [1.54, 1.807) is 19.9 Å². The van der Waals surface area contributed by atoms with Crippen LogP contribution in [0.5, 0.6) is 5.75 Å². The normalized spacial score (nSPS) is 10.0. The predicted octanol–water partition coefficient (Wildman–Crippen LogP) is 2.34. The van der Waals surface area contributed by atoms with E-state index in [0.717, 1.165) is 0 Å². The largest absolute Gasteiger partial charge is 0.496 e. The first kappa shape index (κ1) is 12.7. The molecule has 0 spiro atoms. The van der Waals surface area contributed by atoms with Crippen molar-refractivity contribution < 1.29 is 19.4 Å². The van der Waals surface area contributed by atoms with E-state index in [9.17, 15) is 9.59 Å². The lowest BCUT2D eigenvalue weighted by atomic mass is 9.98. The van der Waals surface area contributed by atoms with Crippen molar-refractivity contribution in [2.75, 3.05) is 7.11 Å². The number of carboxylic acids is 1. The quantitative estimate of drug-likeness (QED) is 0.684. The van der Waals surface area contributed by atoms with E-state index < -0.39 is 11.8 Å². The smallest absolute Gasteiger partial charge is 0.377 e. The molecule has 0 aliphatic rings. The number of carbonyl (C=O) groups is 2. The van der Waals surface area contributed by atoms with Crippen molar-refractivity contribution in [3.8, 4) is 5.75 Å². The number of ether oxygens (including phenoxy) is 1. The van der Waals surface area contributed by atoms with Gasteiger partial charge in [0.1, 0.15) is 5.75 Å². The molecule has 1 aromatic carbocycles. The lowest BCUT2D eigenvalue weighted by molar-refractivity contribution is -0.131. The number of halogens is 1. The van der Waals surface area contributed by atoms with Crippen LogP contribution in [-0.4, -0.2) is 24.0 Å². The Bertz CT molecular complexity index is 466. The number of methoxy groups -OCH3 is 1. The van der Waals surface area contributed by atoms with Crippen LogP contribution in [-0.2, 0) is 4.79 Å². The molecule has 0 saturated carbocycles. The van der Waals surface area contributed by atoms with Crippen molar-refractivity contribution >= 4 is 27.7 Å². The number of aryl methyl sites for hydroxylation is 1. The second-order valence-electron chi connectivity index (χ2n) is 3.34. The lowest BCUT2D eigenvalue weighted by Gasteiger charge is -2.12. The van der Waals surface area contributed by atoms with Crippen LogP contribution < -0.4 is 4.74 Å². The molecule has 16 heavy (non-hydrogen) atoms. The van der Waals surface area contributed by atoms with E-state index >= 15 is 0 Å². The first-order chi connectivity index (χ1) is 7.40. The second kappa shape index (κ2) is 4.65.